The lowest BCUT2D eigenvalue weighted by Crippen LogP contribution is -1.93. The zero-order chi connectivity index (χ0) is 19.5. The van der Waals surface area contributed by atoms with E-state index >= 15 is 0 Å². The lowest BCUT2D eigenvalue weighted by atomic mass is 10.1. The lowest BCUT2D eigenvalue weighted by Gasteiger charge is -2.00. The van der Waals surface area contributed by atoms with Crippen molar-refractivity contribution in [3.05, 3.63) is 60.8 Å². The number of carbonyl (C=O) groups is 1. The summed E-state index contributed by atoms with van der Waals surface area (Å²) in [4.78, 5) is 10.4. The molecule has 0 rings (SSSR count). The quantitative estimate of drug-likeness (QED) is 0.190. The first-order valence-electron chi connectivity index (χ1n) is 10.1. The van der Waals surface area contributed by atoms with Crippen molar-refractivity contribution in [2.24, 2.45) is 11.8 Å². The van der Waals surface area contributed by atoms with Crippen LogP contribution in [0.2, 0.25) is 0 Å². The Labute approximate surface area is 161 Å². The van der Waals surface area contributed by atoms with E-state index in [0.717, 1.165) is 38.5 Å². The van der Waals surface area contributed by atoms with Crippen molar-refractivity contribution < 1.29 is 9.90 Å². The Bertz CT molecular complexity index is 480. The maximum atomic E-state index is 10.4. The molecule has 0 bridgehead atoms. The van der Waals surface area contributed by atoms with E-state index in [9.17, 15) is 4.79 Å². The van der Waals surface area contributed by atoms with Crippen LogP contribution < -0.4 is 0 Å². The maximum Gasteiger partial charge on any atom is 0.303 e. The van der Waals surface area contributed by atoms with Gasteiger partial charge in [0.1, 0.15) is 0 Å². The molecular formula is C24H38O2. The van der Waals surface area contributed by atoms with Gasteiger partial charge in [0.05, 0.1) is 0 Å². The summed E-state index contributed by atoms with van der Waals surface area (Å²) in [6.07, 6.45) is 29.2. The normalized spacial score (nSPS) is 15.2. The molecule has 0 amide bonds. The van der Waals surface area contributed by atoms with E-state index in [1.165, 1.54) is 6.42 Å². The Morgan fingerprint density at radius 1 is 0.846 bits per heavy atom. The van der Waals surface area contributed by atoms with Crippen LogP contribution in [0, 0.1) is 11.8 Å². The first-order valence-corrected chi connectivity index (χ1v) is 10.1. The first kappa shape index (κ1) is 24.2. The van der Waals surface area contributed by atoms with Crippen LogP contribution in [0.3, 0.4) is 0 Å². The van der Waals surface area contributed by atoms with Gasteiger partial charge in [0.2, 0.25) is 0 Å². The molecule has 2 atom stereocenters. The molecule has 2 heteroatoms. The molecule has 0 fully saturated rings. The number of hydrogen-bond acceptors (Lipinski definition) is 1. The average Bonchev–Trinajstić information content (AvgIpc) is 2.61. The van der Waals surface area contributed by atoms with Crippen LogP contribution in [0.5, 0.6) is 0 Å². The molecule has 0 spiro atoms. The van der Waals surface area contributed by atoms with Gasteiger partial charge in [0.25, 0.3) is 0 Å². The Kier molecular flexibility index (Phi) is 16.7. The molecule has 0 saturated carbocycles. The molecule has 1 N–H and O–H groups in total. The topological polar surface area (TPSA) is 37.3 Å². The van der Waals surface area contributed by atoms with Crippen LogP contribution in [0.15, 0.2) is 60.8 Å². The van der Waals surface area contributed by atoms with Gasteiger partial charge < -0.3 is 5.11 Å². The number of aliphatic carboxylic acids is 1. The molecule has 2 unspecified atom stereocenters. The van der Waals surface area contributed by atoms with Crippen molar-refractivity contribution in [3.63, 3.8) is 0 Å². The molecule has 0 aromatic rings. The molecule has 2 nitrogen and oxygen atoms in total. The standard InChI is InChI=1S/C24H38O2/c1-4-22(2)18-14-10-6-5-7-11-15-19-23(3)20-16-12-8-9-13-17-21-24(25)26/h6-7,10-12,14-16,18-19,22-23H,4-5,8-9,13,17,20-21H2,1-3H3,(H,25,26)/b10-6-,11-7-,16-12-,18-14+,19-15-. The highest BCUT2D eigenvalue weighted by atomic mass is 16.4. The lowest BCUT2D eigenvalue weighted by molar-refractivity contribution is -0.137. The molecule has 0 aliphatic heterocycles. The van der Waals surface area contributed by atoms with Crippen LogP contribution in [-0.4, -0.2) is 11.1 Å². The number of allylic oxidation sites excluding steroid dienone is 10. The molecule has 0 radical (unpaired) electrons. The molecule has 146 valence electrons. The highest BCUT2D eigenvalue weighted by molar-refractivity contribution is 5.66. The van der Waals surface area contributed by atoms with Gasteiger partial charge in [-0.05, 0) is 43.9 Å². The van der Waals surface area contributed by atoms with Crippen LogP contribution in [0.25, 0.3) is 0 Å². The molecule has 26 heavy (non-hydrogen) atoms. The molecular weight excluding hydrogens is 320 g/mol. The number of rotatable bonds is 15. The Morgan fingerprint density at radius 3 is 2.12 bits per heavy atom. The number of hydrogen-bond donors (Lipinski definition) is 1. The van der Waals surface area contributed by atoms with Gasteiger partial charge in [-0.15, -0.1) is 0 Å². The van der Waals surface area contributed by atoms with Crippen molar-refractivity contribution in [2.75, 3.05) is 0 Å². The Hall–Kier alpha value is -1.83. The fourth-order valence-corrected chi connectivity index (χ4v) is 2.26. The van der Waals surface area contributed by atoms with Gasteiger partial charge in [-0.25, -0.2) is 0 Å². The fourth-order valence-electron chi connectivity index (χ4n) is 2.26. The predicted molar refractivity (Wildman–Crippen MR) is 114 cm³/mol. The minimum atomic E-state index is -0.690. The largest absolute Gasteiger partial charge is 0.481 e. The van der Waals surface area contributed by atoms with E-state index < -0.39 is 5.97 Å². The average molecular weight is 359 g/mol. The molecule has 0 heterocycles. The van der Waals surface area contributed by atoms with E-state index in [1.54, 1.807) is 0 Å². The van der Waals surface area contributed by atoms with Crippen molar-refractivity contribution in [2.45, 2.75) is 72.1 Å². The Balaban J connectivity index is 3.71. The molecule has 0 aromatic heterocycles. The second-order valence-corrected chi connectivity index (χ2v) is 6.92. The Morgan fingerprint density at radius 2 is 1.50 bits per heavy atom. The van der Waals surface area contributed by atoms with Crippen LogP contribution >= 0.6 is 0 Å². The fraction of sp³-hybridized carbons (Fsp3) is 0.542. The van der Waals surface area contributed by atoms with E-state index in [-0.39, 0.29) is 0 Å². The number of carboxylic acid groups (broad SMARTS) is 1. The minimum absolute atomic E-state index is 0.295. The summed E-state index contributed by atoms with van der Waals surface area (Å²) in [6, 6.07) is 0. The summed E-state index contributed by atoms with van der Waals surface area (Å²) in [5.41, 5.74) is 0. The third-order valence-corrected chi connectivity index (χ3v) is 4.23. The molecule has 0 saturated heterocycles. The minimum Gasteiger partial charge on any atom is -0.481 e. The summed E-state index contributed by atoms with van der Waals surface area (Å²) in [5.74, 6) is 0.507. The van der Waals surface area contributed by atoms with Crippen molar-refractivity contribution in [1.82, 2.24) is 0 Å². The van der Waals surface area contributed by atoms with Gasteiger partial charge in [0.15, 0.2) is 0 Å². The molecule has 0 aliphatic rings. The zero-order valence-electron chi connectivity index (χ0n) is 16.9. The van der Waals surface area contributed by atoms with Gasteiger partial charge in [-0.1, -0.05) is 94.4 Å². The first-order chi connectivity index (χ1) is 12.6. The van der Waals surface area contributed by atoms with E-state index in [0.29, 0.717) is 18.3 Å². The van der Waals surface area contributed by atoms with Gasteiger partial charge >= 0.3 is 5.97 Å². The zero-order valence-corrected chi connectivity index (χ0v) is 16.9. The smallest absolute Gasteiger partial charge is 0.303 e. The molecule has 0 aromatic carbocycles. The van der Waals surface area contributed by atoms with Gasteiger partial charge in [-0.3, -0.25) is 4.79 Å². The summed E-state index contributed by atoms with van der Waals surface area (Å²) in [6.45, 7) is 6.66. The van der Waals surface area contributed by atoms with Gasteiger partial charge in [-0.2, -0.15) is 0 Å². The van der Waals surface area contributed by atoms with Crippen LogP contribution in [-0.2, 0) is 4.79 Å². The third-order valence-electron chi connectivity index (χ3n) is 4.23. The summed E-state index contributed by atoms with van der Waals surface area (Å²) < 4.78 is 0. The summed E-state index contributed by atoms with van der Waals surface area (Å²) in [7, 11) is 0. The van der Waals surface area contributed by atoms with E-state index in [1.807, 2.05) is 0 Å². The second-order valence-electron chi connectivity index (χ2n) is 6.92. The van der Waals surface area contributed by atoms with Crippen LogP contribution in [0.4, 0.5) is 0 Å². The van der Waals surface area contributed by atoms with E-state index in [4.69, 9.17) is 5.11 Å². The monoisotopic (exact) mass is 358 g/mol. The van der Waals surface area contributed by atoms with Crippen molar-refractivity contribution >= 4 is 5.97 Å². The van der Waals surface area contributed by atoms with Crippen molar-refractivity contribution in [1.29, 1.82) is 0 Å². The SMILES string of the molecule is CCC(C)/C=C/C=C\C/C=C\C=C/C(C)C/C=C\CCCCCC(=O)O. The summed E-state index contributed by atoms with van der Waals surface area (Å²) in [5, 5.41) is 8.56. The second kappa shape index (κ2) is 18.0. The number of unbranched alkanes of at least 4 members (excludes halogenated alkanes) is 3. The number of carboxylic acids is 1. The highest BCUT2D eigenvalue weighted by Crippen LogP contribution is 2.08. The molecule has 0 aliphatic carbocycles. The summed E-state index contributed by atoms with van der Waals surface area (Å²) >= 11 is 0. The highest BCUT2D eigenvalue weighted by Gasteiger charge is 1.95. The maximum absolute atomic E-state index is 10.4. The van der Waals surface area contributed by atoms with E-state index in [2.05, 4.69) is 81.5 Å². The van der Waals surface area contributed by atoms with Crippen LogP contribution in [0.1, 0.15) is 72.1 Å². The third kappa shape index (κ3) is 18.5. The predicted octanol–water partition coefficient (Wildman–Crippen LogP) is 7.26. The van der Waals surface area contributed by atoms with Gasteiger partial charge in [0, 0.05) is 6.42 Å². The van der Waals surface area contributed by atoms with Crippen molar-refractivity contribution in [3.8, 4) is 0 Å².